The Bertz CT molecular complexity index is 1150. The second-order valence-corrected chi connectivity index (χ2v) is 7.11. The Kier molecular flexibility index (Phi) is 5.28. The summed E-state index contributed by atoms with van der Waals surface area (Å²) in [5, 5.41) is 13.5. The first-order valence-electron chi connectivity index (χ1n) is 8.23. The van der Waals surface area contributed by atoms with Gasteiger partial charge in [-0.3, -0.25) is 4.79 Å². The molecular formula is C20H17N3O3S. The fourth-order valence-electron chi connectivity index (χ4n) is 2.82. The number of pyridine rings is 1. The van der Waals surface area contributed by atoms with Crippen LogP contribution >= 0.6 is 11.8 Å². The lowest BCUT2D eigenvalue weighted by Crippen LogP contribution is -2.06. The van der Waals surface area contributed by atoms with Crippen LogP contribution in [0.25, 0.3) is 11.0 Å². The summed E-state index contributed by atoms with van der Waals surface area (Å²) in [5.74, 6) is 0.264. The van der Waals surface area contributed by atoms with E-state index in [-0.39, 0.29) is 5.91 Å². The number of hydrogen-bond acceptors (Lipinski definition) is 6. The van der Waals surface area contributed by atoms with Crippen LogP contribution in [0.2, 0.25) is 0 Å². The monoisotopic (exact) mass is 379 g/mol. The Morgan fingerprint density at radius 1 is 1.30 bits per heavy atom. The number of anilines is 1. The zero-order valence-corrected chi connectivity index (χ0v) is 15.9. The topological polar surface area (TPSA) is 96.0 Å². The van der Waals surface area contributed by atoms with Crippen molar-refractivity contribution in [1.29, 1.82) is 5.26 Å². The highest BCUT2D eigenvalue weighted by molar-refractivity contribution is 7.98. The highest BCUT2D eigenvalue weighted by Crippen LogP contribution is 2.30. The van der Waals surface area contributed by atoms with Crippen molar-refractivity contribution >= 4 is 34.3 Å². The van der Waals surface area contributed by atoms with Crippen LogP contribution < -0.4 is 10.9 Å². The van der Waals surface area contributed by atoms with Crippen molar-refractivity contribution in [2.24, 2.45) is 0 Å². The number of rotatable bonds is 4. The lowest BCUT2D eigenvalue weighted by molar-refractivity contribution is -0.114. The van der Waals surface area contributed by atoms with E-state index in [9.17, 15) is 14.9 Å². The van der Waals surface area contributed by atoms with E-state index in [1.165, 1.54) is 24.8 Å². The molecule has 6 nitrogen and oxygen atoms in total. The number of nitrogens with zero attached hydrogens (tertiary/aromatic N) is 2. The van der Waals surface area contributed by atoms with Crippen molar-refractivity contribution in [3.05, 3.63) is 63.1 Å². The molecule has 27 heavy (non-hydrogen) atoms. The van der Waals surface area contributed by atoms with Crippen LogP contribution in [0.15, 0.2) is 44.6 Å². The number of carbonyl (C=O) groups excluding carboxylic acids is 1. The number of benzene rings is 1. The molecule has 2 heterocycles. The molecule has 0 aliphatic carbocycles. The molecule has 0 radical (unpaired) electrons. The molecule has 2 aromatic heterocycles. The Hall–Kier alpha value is -3.11. The summed E-state index contributed by atoms with van der Waals surface area (Å²) in [6.07, 6.45) is 0. The van der Waals surface area contributed by atoms with E-state index in [4.69, 9.17) is 4.42 Å². The highest BCUT2D eigenvalue weighted by Gasteiger charge is 2.12. The Labute approximate surface area is 160 Å². The molecule has 0 fully saturated rings. The van der Waals surface area contributed by atoms with Gasteiger partial charge >= 0.3 is 5.63 Å². The molecule has 0 saturated heterocycles. The Balaban J connectivity index is 1.97. The van der Waals surface area contributed by atoms with Gasteiger partial charge in [-0.15, -0.1) is 11.8 Å². The van der Waals surface area contributed by atoms with Crippen LogP contribution in [0.1, 0.15) is 29.3 Å². The fraction of sp³-hybridized carbons (Fsp3) is 0.200. The molecule has 136 valence electrons. The molecule has 1 amide bonds. The largest absolute Gasteiger partial charge is 0.423 e. The number of carbonyl (C=O) groups is 1. The predicted molar refractivity (Wildman–Crippen MR) is 105 cm³/mol. The van der Waals surface area contributed by atoms with Gasteiger partial charge in [-0.2, -0.15) is 5.26 Å². The van der Waals surface area contributed by atoms with Crippen molar-refractivity contribution in [2.45, 2.75) is 31.6 Å². The van der Waals surface area contributed by atoms with Gasteiger partial charge in [0.1, 0.15) is 16.7 Å². The molecule has 0 aliphatic heterocycles. The quantitative estimate of drug-likeness (QED) is 0.545. The third-order valence-corrected chi connectivity index (χ3v) is 4.96. The second-order valence-electron chi connectivity index (χ2n) is 6.14. The van der Waals surface area contributed by atoms with E-state index in [1.807, 2.05) is 19.9 Å². The highest BCUT2D eigenvalue weighted by atomic mass is 32.2. The normalized spacial score (nSPS) is 10.6. The number of aromatic nitrogens is 1. The summed E-state index contributed by atoms with van der Waals surface area (Å²) in [5.41, 5.74) is 3.54. The van der Waals surface area contributed by atoms with E-state index in [1.54, 1.807) is 18.2 Å². The average molecular weight is 379 g/mol. The summed E-state index contributed by atoms with van der Waals surface area (Å²) in [6.45, 7) is 5.18. The van der Waals surface area contributed by atoms with Gasteiger partial charge in [0.05, 0.1) is 5.56 Å². The molecule has 7 heteroatoms. The van der Waals surface area contributed by atoms with Gasteiger partial charge in [0.2, 0.25) is 5.91 Å². The van der Waals surface area contributed by atoms with E-state index in [0.717, 1.165) is 22.2 Å². The molecule has 3 aromatic rings. The first kappa shape index (κ1) is 18.7. The van der Waals surface area contributed by atoms with Crippen molar-refractivity contribution in [1.82, 2.24) is 4.98 Å². The maximum absolute atomic E-state index is 11.9. The maximum atomic E-state index is 11.9. The Morgan fingerprint density at radius 3 is 2.78 bits per heavy atom. The molecule has 0 atom stereocenters. The van der Waals surface area contributed by atoms with Gasteiger partial charge in [-0.1, -0.05) is 0 Å². The van der Waals surface area contributed by atoms with Crippen LogP contribution in [0, 0.1) is 25.2 Å². The molecule has 1 N–H and O–H groups in total. The van der Waals surface area contributed by atoms with Gasteiger partial charge in [-0.25, -0.2) is 9.78 Å². The van der Waals surface area contributed by atoms with E-state index < -0.39 is 5.63 Å². The maximum Gasteiger partial charge on any atom is 0.336 e. The lowest BCUT2D eigenvalue weighted by Gasteiger charge is -2.09. The summed E-state index contributed by atoms with van der Waals surface area (Å²) in [4.78, 5) is 27.6. The van der Waals surface area contributed by atoms with Gasteiger partial charge < -0.3 is 9.73 Å². The molecule has 1 aromatic carbocycles. The molecule has 0 saturated carbocycles. The van der Waals surface area contributed by atoms with E-state index >= 15 is 0 Å². The minimum absolute atomic E-state index is 0.201. The minimum Gasteiger partial charge on any atom is -0.423 e. The molecule has 0 aliphatic rings. The molecule has 0 bridgehead atoms. The third kappa shape index (κ3) is 4.18. The van der Waals surface area contributed by atoms with E-state index in [0.29, 0.717) is 27.6 Å². The van der Waals surface area contributed by atoms with Gasteiger partial charge in [0, 0.05) is 41.6 Å². The number of fused-ring (bicyclic) bond motifs is 1. The predicted octanol–water partition coefficient (Wildman–Crippen LogP) is 3.93. The number of hydrogen-bond donors (Lipinski definition) is 1. The van der Waals surface area contributed by atoms with Crippen LogP contribution in [0.5, 0.6) is 0 Å². The molecule has 0 spiro atoms. The first-order valence-corrected chi connectivity index (χ1v) is 9.21. The number of nitrogens with one attached hydrogen (secondary N) is 1. The van der Waals surface area contributed by atoms with Crippen LogP contribution in [0.3, 0.4) is 0 Å². The number of thioether (sulfide) groups is 1. The lowest BCUT2D eigenvalue weighted by atomic mass is 10.1. The van der Waals surface area contributed by atoms with Gasteiger partial charge in [0.15, 0.2) is 0 Å². The average Bonchev–Trinajstić information content (AvgIpc) is 2.58. The number of nitriles is 1. The number of amides is 1. The first-order chi connectivity index (χ1) is 12.9. The van der Waals surface area contributed by atoms with Crippen LogP contribution in [0.4, 0.5) is 5.69 Å². The van der Waals surface area contributed by atoms with Crippen molar-refractivity contribution < 1.29 is 9.21 Å². The molecule has 3 rings (SSSR count). The van der Waals surface area contributed by atoms with Gasteiger partial charge in [0.25, 0.3) is 0 Å². The summed E-state index contributed by atoms with van der Waals surface area (Å²) < 4.78 is 5.28. The van der Waals surface area contributed by atoms with Crippen molar-refractivity contribution in [2.75, 3.05) is 5.32 Å². The Morgan fingerprint density at radius 2 is 2.07 bits per heavy atom. The second kappa shape index (κ2) is 7.64. The number of aryl methyl sites for hydroxylation is 2. The summed E-state index contributed by atoms with van der Waals surface area (Å²) >= 11 is 1.41. The zero-order chi connectivity index (χ0) is 19.6. The fourth-order valence-corrected chi connectivity index (χ4v) is 3.91. The summed E-state index contributed by atoms with van der Waals surface area (Å²) in [6, 6.07) is 10.7. The zero-order valence-electron chi connectivity index (χ0n) is 15.1. The van der Waals surface area contributed by atoms with E-state index in [2.05, 4.69) is 16.4 Å². The molecular weight excluding hydrogens is 362 g/mol. The summed E-state index contributed by atoms with van der Waals surface area (Å²) in [7, 11) is 0. The smallest absolute Gasteiger partial charge is 0.336 e. The van der Waals surface area contributed by atoms with Crippen LogP contribution in [-0.4, -0.2) is 10.9 Å². The minimum atomic E-state index is -0.466. The third-order valence-electron chi connectivity index (χ3n) is 3.94. The SMILES string of the molecule is CC(=O)Nc1ccc2c(CSc3nc(C)cc(C)c3C#N)cc(=O)oc2c1. The molecule has 0 unspecified atom stereocenters. The van der Waals surface area contributed by atoms with Crippen molar-refractivity contribution in [3.63, 3.8) is 0 Å². The van der Waals surface area contributed by atoms with Crippen LogP contribution in [-0.2, 0) is 10.5 Å². The standard InChI is InChI=1S/C20H17N3O3S/c1-11-6-12(2)22-20(17(11)9-21)27-10-14-7-19(25)26-18-8-15(23-13(3)24)4-5-16(14)18/h4-8H,10H2,1-3H3,(H,23,24). The van der Waals surface area contributed by atoms with Crippen molar-refractivity contribution in [3.8, 4) is 6.07 Å². The van der Waals surface area contributed by atoms with Gasteiger partial charge in [-0.05, 0) is 43.2 Å².